The van der Waals surface area contributed by atoms with E-state index in [9.17, 15) is 9.90 Å². The summed E-state index contributed by atoms with van der Waals surface area (Å²) in [5.41, 5.74) is 1.41. The van der Waals surface area contributed by atoms with E-state index in [1.165, 1.54) is 7.11 Å². The maximum absolute atomic E-state index is 12.0. The summed E-state index contributed by atoms with van der Waals surface area (Å²) in [6.45, 7) is -0.0507. The topological polar surface area (TPSA) is 70.9 Å². The monoisotopic (exact) mass is 296 g/mol. The van der Waals surface area contributed by atoms with Gasteiger partial charge in [0, 0.05) is 5.56 Å². The maximum atomic E-state index is 12.0. The minimum atomic E-state index is -0.204. The molecule has 0 saturated carbocycles. The first-order valence-electron chi connectivity index (χ1n) is 6.28. The van der Waals surface area contributed by atoms with Crippen LogP contribution in [0, 0.1) is 0 Å². The molecule has 1 aromatic carbocycles. The average molecular weight is 296 g/mol. The molecule has 0 bridgehead atoms. The molecule has 1 amide bonds. The van der Waals surface area contributed by atoms with Crippen molar-refractivity contribution in [2.75, 3.05) is 25.7 Å². The van der Waals surface area contributed by atoms with Crippen LogP contribution in [0.2, 0.25) is 0 Å². The van der Waals surface area contributed by atoms with Gasteiger partial charge >= 0.3 is 0 Å². The predicted octanol–water partition coefficient (Wildman–Crippen LogP) is 1.51. The summed E-state index contributed by atoms with van der Waals surface area (Å²) in [5.74, 6) is 0.721. The number of carbonyl (C=O) groups excluding carboxylic acids is 1. The molecule has 1 aromatic rings. The van der Waals surface area contributed by atoms with Gasteiger partial charge < -0.3 is 15.3 Å². The average Bonchev–Trinajstić information content (AvgIpc) is 2.49. The van der Waals surface area contributed by atoms with Crippen LogP contribution >= 0.6 is 11.8 Å². The van der Waals surface area contributed by atoms with Gasteiger partial charge in [0.1, 0.15) is 7.11 Å². The lowest BCUT2D eigenvalue weighted by molar-refractivity contribution is 0.0915. The Hall–Kier alpha value is -1.53. The first-order valence-corrected chi connectivity index (χ1v) is 7.68. The molecule has 20 heavy (non-hydrogen) atoms. The highest BCUT2D eigenvalue weighted by Crippen LogP contribution is 2.05. The number of hydrogen-bond donors (Lipinski definition) is 2. The zero-order valence-electron chi connectivity index (χ0n) is 11.7. The molecule has 0 aliphatic carbocycles. The number of aliphatic hydroxyl groups excluding tert-OH is 1. The van der Waals surface area contributed by atoms with E-state index in [-0.39, 0.29) is 18.6 Å². The van der Waals surface area contributed by atoms with Crippen molar-refractivity contribution in [1.82, 2.24) is 5.32 Å². The largest absolute Gasteiger partial charge is 0.399 e. The van der Waals surface area contributed by atoms with E-state index in [4.69, 9.17) is 0 Å². The Balaban J connectivity index is 2.60. The van der Waals surface area contributed by atoms with Gasteiger partial charge in [0.05, 0.1) is 18.9 Å². The molecule has 1 unspecified atom stereocenters. The van der Waals surface area contributed by atoms with Gasteiger partial charge in [0.15, 0.2) is 0 Å². The summed E-state index contributed by atoms with van der Waals surface area (Å²) in [4.78, 5) is 16.6. The summed E-state index contributed by atoms with van der Waals surface area (Å²) in [6.07, 6.45) is 4.31. The van der Waals surface area contributed by atoms with Crippen LogP contribution in [-0.2, 0) is 4.84 Å². The summed E-state index contributed by atoms with van der Waals surface area (Å²) in [6, 6.07) is 6.80. The van der Waals surface area contributed by atoms with E-state index in [1.54, 1.807) is 42.2 Å². The van der Waals surface area contributed by atoms with Crippen molar-refractivity contribution in [1.29, 1.82) is 0 Å². The van der Waals surface area contributed by atoms with Crippen LogP contribution in [0.15, 0.2) is 29.4 Å². The van der Waals surface area contributed by atoms with Gasteiger partial charge in [-0.1, -0.05) is 17.3 Å². The molecule has 0 heterocycles. The number of oxime groups is 1. The van der Waals surface area contributed by atoms with Gasteiger partial charge in [0.2, 0.25) is 0 Å². The predicted molar refractivity (Wildman–Crippen MR) is 82.4 cm³/mol. The number of rotatable bonds is 8. The second-order valence-electron chi connectivity index (χ2n) is 4.17. The number of benzene rings is 1. The maximum Gasteiger partial charge on any atom is 0.251 e. The smallest absolute Gasteiger partial charge is 0.251 e. The molecule has 0 aromatic heterocycles. The molecule has 1 rings (SSSR count). The molecule has 0 aliphatic heterocycles. The highest BCUT2D eigenvalue weighted by atomic mass is 32.2. The van der Waals surface area contributed by atoms with Crippen molar-refractivity contribution < 1.29 is 14.7 Å². The third kappa shape index (κ3) is 5.63. The Bertz CT molecular complexity index is 435. The summed E-state index contributed by atoms with van der Waals surface area (Å²) < 4.78 is 0. The van der Waals surface area contributed by atoms with Crippen LogP contribution in [0.25, 0.3) is 0 Å². The molecule has 5 nitrogen and oxygen atoms in total. The van der Waals surface area contributed by atoms with E-state index in [0.29, 0.717) is 5.56 Å². The lowest BCUT2D eigenvalue weighted by atomic mass is 10.1. The number of aliphatic hydroxyl groups is 1. The quantitative estimate of drug-likeness (QED) is 0.563. The zero-order chi connectivity index (χ0) is 14.8. The first-order chi connectivity index (χ1) is 9.71. The second-order valence-corrected chi connectivity index (χ2v) is 5.16. The van der Waals surface area contributed by atoms with Gasteiger partial charge in [-0.2, -0.15) is 11.8 Å². The summed E-state index contributed by atoms with van der Waals surface area (Å²) >= 11 is 1.69. The Labute approximate surface area is 123 Å². The highest BCUT2D eigenvalue weighted by molar-refractivity contribution is 7.98. The lowest BCUT2D eigenvalue weighted by Gasteiger charge is -2.15. The second kappa shape index (κ2) is 9.39. The number of thioether (sulfide) groups is 1. The molecule has 0 saturated heterocycles. The van der Waals surface area contributed by atoms with Crippen LogP contribution in [0.3, 0.4) is 0 Å². The van der Waals surface area contributed by atoms with Crippen molar-refractivity contribution in [3.05, 3.63) is 35.4 Å². The standard InChI is InChI=1S/C14H20N2O3S/c1-19-15-9-11-3-5-12(6-4-11)14(18)16-13(10-17)7-8-20-2/h3-6,9,13,17H,7-8,10H2,1-2H3,(H,16,18)/b15-9+. The van der Waals surface area contributed by atoms with Crippen LogP contribution in [0.4, 0.5) is 0 Å². The molecular formula is C14H20N2O3S. The number of carbonyl (C=O) groups is 1. The minimum Gasteiger partial charge on any atom is -0.399 e. The van der Waals surface area contributed by atoms with E-state index in [1.807, 2.05) is 6.26 Å². The van der Waals surface area contributed by atoms with Gasteiger partial charge in [-0.05, 0) is 36.1 Å². The summed E-state index contributed by atoms with van der Waals surface area (Å²) in [5, 5.41) is 15.7. The van der Waals surface area contributed by atoms with Gasteiger partial charge in [0.25, 0.3) is 5.91 Å². The zero-order valence-corrected chi connectivity index (χ0v) is 12.5. The van der Waals surface area contributed by atoms with Gasteiger partial charge in [-0.25, -0.2) is 0 Å². The third-order valence-corrected chi connectivity index (χ3v) is 3.35. The molecule has 110 valence electrons. The fourth-order valence-electron chi connectivity index (χ4n) is 1.57. The van der Waals surface area contributed by atoms with Crippen molar-refractivity contribution in [2.24, 2.45) is 5.16 Å². The highest BCUT2D eigenvalue weighted by Gasteiger charge is 2.12. The summed E-state index contributed by atoms with van der Waals surface area (Å²) in [7, 11) is 1.47. The van der Waals surface area contributed by atoms with Crippen LogP contribution in [0.5, 0.6) is 0 Å². The fraction of sp³-hybridized carbons (Fsp3) is 0.429. The Morgan fingerprint density at radius 2 is 2.20 bits per heavy atom. The minimum absolute atomic E-state index is 0.0507. The van der Waals surface area contributed by atoms with Crippen LogP contribution in [0.1, 0.15) is 22.3 Å². The van der Waals surface area contributed by atoms with Crippen LogP contribution < -0.4 is 5.32 Å². The normalized spacial score (nSPS) is 12.3. The Morgan fingerprint density at radius 3 is 2.75 bits per heavy atom. The van der Waals surface area contributed by atoms with E-state index >= 15 is 0 Å². The molecular weight excluding hydrogens is 276 g/mol. The number of nitrogens with one attached hydrogen (secondary N) is 1. The SMILES string of the molecule is CO/N=C/c1ccc(C(=O)NC(CO)CCSC)cc1. The van der Waals surface area contributed by atoms with Crippen molar-refractivity contribution in [3.63, 3.8) is 0 Å². The molecule has 0 fully saturated rings. The molecule has 0 radical (unpaired) electrons. The van der Waals surface area contributed by atoms with E-state index < -0.39 is 0 Å². The van der Waals surface area contributed by atoms with Gasteiger partial charge in [-0.3, -0.25) is 4.79 Å². The molecule has 2 N–H and O–H groups in total. The van der Waals surface area contributed by atoms with Crippen molar-refractivity contribution in [2.45, 2.75) is 12.5 Å². The molecule has 1 atom stereocenters. The van der Waals surface area contributed by atoms with Crippen molar-refractivity contribution >= 4 is 23.9 Å². The molecule has 0 spiro atoms. The van der Waals surface area contributed by atoms with E-state index in [0.717, 1.165) is 17.7 Å². The lowest BCUT2D eigenvalue weighted by Crippen LogP contribution is -2.37. The Morgan fingerprint density at radius 1 is 1.50 bits per heavy atom. The number of amides is 1. The molecule has 0 aliphatic rings. The number of hydrogen-bond acceptors (Lipinski definition) is 5. The van der Waals surface area contributed by atoms with Crippen molar-refractivity contribution in [3.8, 4) is 0 Å². The first kappa shape index (κ1) is 16.5. The molecule has 6 heteroatoms. The number of nitrogens with zero attached hydrogens (tertiary/aromatic N) is 1. The Kier molecular flexibility index (Phi) is 7.75. The van der Waals surface area contributed by atoms with E-state index in [2.05, 4.69) is 15.3 Å². The van der Waals surface area contributed by atoms with Gasteiger partial charge in [-0.15, -0.1) is 0 Å². The van der Waals surface area contributed by atoms with Crippen LogP contribution in [-0.4, -0.2) is 49.0 Å². The fourth-order valence-corrected chi connectivity index (χ4v) is 2.09. The third-order valence-electron chi connectivity index (χ3n) is 2.71.